The molecule has 0 aromatic carbocycles. The van der Waals surface area contributed by atoms with Gasteiger partial charge in [-0.15, -0.1) is 0 Å². The number of hydrogen-bond donors (Lipinski definition) is 1. The molecule has 1 N–H and O–H groups in total. The van der Waals surface area contributed by atoms with Gasteiger partial charge in [0, 0.05) is 13.3 Å². The Kier molecular flexibility index (Phi) is 1.88. The average molecular weight is 124 g/mol. The van der Waals surface area contributed by atoms with Crippen LogP contribution < -0.4 is 5.32 Å². The molecule has 0 spiro atoms. The number of nitrogens with one attached hydrogen (secondary N) is 1. The molecule has 1 aliphatic heterocycles. The summed E-state index contributed by atoms with van der Waals surface area (Å²) in [5.41, 5.74) is 1.36. The maximum absolute atomic E-state index is 4.17. The Morgan fingerprint density at radius 2 is 2.44 bits per heavy atom. The van der Waals surface area contributed by atoms with Crippen molar-refractivity contribution in [1.82, 2.24) is 5.32 Å². The molecule has 0 bridgehead atoms. The fourth-order valence-electron chi connectivity index (χ4n) is 0.943. The first-order chi connectivity index (χ1) is 4.34. The Bertz CT molecular complexity index is 156. The fraction of sp³-hybridized carbons (Fsp3) is 0.571. The second-order valence-corrected chi connectivity index (χ2v) is 2.23. The van der Waals surface area contributed by atoms with Crippen LogP contribution >= 0.6 is 0 Å². The van der Waals surface area contributed by atoms with E-state index < -0.39 is 0 Å². The third-order valence-corrected chi connectivity index (χ3v) is 1.51. The number of aliphatic imine (C=N–C) groups is 1. The number of hydrogen-bond acceptors (Lipinski definition) is 2. The van der Waals surface area contributed by atoms with E-state index >= 15 is 0 Å². The lowest BCUT2D eigenvalue weighted by Gasteiger charge is -2.09. The van der Waals surface area contributed by atoms with Gasteiger partial charge in [0.2, 0.25) is 0 Å². The first kappa shape index (κ1) is 6.33. The van der Waals surface area contributed by atoms with Crippen LogP contribution in [0.5, 0.6) is 0 Å². The van der Waals surface area contributed by atoms with Crippen LogP contribution in [0.4, 0.5) is 0 Å². The quantitative estimate of drug-likeness (QED) is 0.560. The van der Waals surface area contributed by atoms with E-state index in [-0.39, 0.29) is 0 Å². The Labute approximate surface area is 55.7 Å². The first-order valence-corrected chi connectivity index (χ1v) is 3.24. The lowest BCUT2D eigenvalue weighted by Crippen LogP contribution is -2.09. The van der Waals surface area contributed by atoms with Crippen LogP contribution in [0.25, 0.3) is 0 Å². The molecule has 0 atom stereocenters. The smallest absolute Gasteiger partial charge is 0.124 e. The topological polar surface area (TPSA) is 24.4 Å². The number of allylic oxidation sites excluding steroid dienone is 1. The molecule has 1 heterocycles. The van der Waals surface area contributed by atoms with Crippen LogP contribution in [0.15, 0.2) is 16.4 Å². The predicted octanol–water partition coefficient (Wildman–Crippen LogP) is 1.30. The van der Waals surface area contributed by atoms with Gasteiger partial charge in [-0.25, -0.2) is 4.99 Å². The molecule has 50 valence electrons. The molecular weight excluding hydrogens is 112 g/mol. The van der Waals surface area contributed by atoms with Crippen molar-refractivity contribution < 1.29 is 0 Å². The monoisotopic (exact) mass is 124 g/mol. The summed E-state index contributed by atoms with van der Waals surface area (Å²) in [6.45, 7) is 2.11. The van der Waals surface area contributed by atoms with Gasteiger partial charge < -0.3 is 5.32 Å². The van der Waals surface area contributed by atoms with E-state index in [1.165, 1.54) is 5.57 Å². The minimum atomic E-state index is 1.04. The van der Waals surface area contributed by atoms with E-state index in [0.29, 0.717) is 0 Å². The van der Waals surface area contributed by atoms with Gasteiger partial charge in [-0.3, -0.25) is 0 Å². The summed E-state index contributed by atoms with van der Waals surface area (Å²) in [4.78, 5) is 4.17. The highest BCUT2D eigenvalue weighted by molar-refractivity contribution is 5.61. The zero-order chi connectivity index (χ0) is 6.69. The highest BCUT2D eigenvalue weighted by Crippen LogP contribution is 2.12. The second-order valence-electron chi connectivity index (χ2n) is 2.23. The minimum absolute atomic E-state index is 1.04. The van der Waals surface area contributed by atoms with Gasteiger partial charge in [0.25, 0.3) is 0 Å². The lowest BCUT2D eigenvalue weighted by atomic mass is 10.1. The Morgan fingerprint density at radius 1 is 1.67 bits per heavy atom. The summed E-state index contributed by atoms with van der Waals surface area (Å²) >= 11 is 0. The number of rotatable bonds is 1. The minimum Gasteiger partial charge on any atom is -0.373 e. The van der Waals surface area contributed by atoms with Gasteiger partial charge in [0.15, 0.2) is 0 Å². The third kappa shape index (κ3) is 1.31. The van der Waals surface area contributed by atoms with Crippen molar-refractivity contribution in [2.45, 2.75) is 19.8 Å². The highest BCUT2D eigenvalue weighted by atomic mass is 15.0. The van der Waals surface area contributed by atoms with Gasteiger partial charge in [-0.2, -0.15) is 0 Å². The molecule has 0 amide bonds. The van der Waals surface area contributed by atoms with Crippen LogP contribution in [-0.4, -0.2) is 13.3 Å². The van der Waals surface area contributed by atoms with E-state index in [9.17, 15) is 0 Å². The van der Waals surface area contributed by atoms with E-state index in [2.05, 4.69) is 17.2 Å². The number of nitrogens with zero attached hydrogens (tertiary/aromatic N) is 1. The zero-order valence-corrected chi connectivity index (χ0v) is 5.94. The predicted molar refractivity (Wildman–Crippen MR) is 39.5 cm³/mol. The van der Waals surface area contributed by atoms with E-state index in [1.807, 2.05) is 13.3 Å². The normalized spacial score (nSPS) is 18.4. The summed E-state index contributed by atoms with van der Waals surface area (Å²) < 4.78 is 0. The standard InChI is InChI=1S/C7H12N2/c1-6-4-3-5-9-7(6)8-2/h5,8H,3-4H2,1-2H3. The van der Waals surface area contributed by atoms with Gasteiger partial charge in [-0.1, -0.05) is 0 Å². The van der Waals surface area contributed by atoms with Crippen LogP contribution in [0.2, 0.25) is 0 Å². The Hall–Kier alpha value is -0.790. The van der Waals surface area contributed by atoms with Crippen LogP contribution in [0.1, 0.15) is 19.8 Å². The maximum atomic E-state index is 4.17. The van der Waals surface area contributed by atoms with Crippen LogP contribution in [0.3, 0.4) is 0 Å². The van der Waals surface area contributed by atoms with Crippen molar-refractivity contribution in [3.05, 3.63) is 11.4 Å². The highest BCUT2D eigenvalue weighted by Gasteiger charge is 2.01. The SMILES string of the molecule is CNC1=C(C)CCC=N1. The summed E-state index contributed by atoms with van der Waals surface area (Å²) in [6.07, 6.45) is 4.20. The fourth-order valence-corrected chi connectivity index (χ4v) is 0.943. The molecule has 1 rings (SSSR count). The van der Waals surface area contributed by atoms with Gasteiger partial charge in [-0.05, 0) is 25.3 Å². The summed E-state index contributed by atoms with van der Waals surface area (Å²) in [5, 5.41) is 3.04. The average Bonchev–Trinajstić information content (AvgIpc) is 1.89. The summed E-state index contributed by atoms with van der Waals surface area (Å²) in [7, 11) is 1.90. The summed E-state index contributed by atoms with van der Waals surface area (Å²) in [6, 6.07) is 0. The maximum Gasteiger partial charge on any atom is 0.124 e. The molecule has 0 aromatic rings. The molecule has 1 aliphatic rings. The molecule has 9 heavy (non-hydrogen) atoms. The molecule has 0 radical (unpaired) electrons. The van der Waals surface area contributed by atoms with Crippen LogP contribution in [0, 0.1) is 0 Å². The molecule has 0 aliphatic carbocycles. The molecule has 0 saturated carbocycles. The molecule has 0 fully saturated rings. The molecule has 2 nitrogen and oxygen atoms in total. The van der Waals surface area contributed by atoms with Crippen molar-refractivity contribution in [2.24, 2.45) is 4.99 Å². The molecule has 0 aromatic heterocycles. The molecular formula is C7H12N2. The van der Waals surface area contributed by atoms with Gasteiger partial charge in [0.1, 0.15) is 5.82 Å². The molecule has 0 unspecified atom stereocenters. The Balaban J connectivity index is 2.72. The van der Waals surface area contributed by atoms with Gasteiger partial charge >= 0.3 is 0 Å². The van der Waals surface area contributed by atoms with E-state index in [4.69, 9.17) is 0 Å². The molecule has 0 saturated heterocycles. The van der Waals surface area contributed by atoms with E-state index in [0.717, 1.165) is 18.7 Å². The van der Waals surface area contributed by atoms with Crippen molar-refractivity contribution in [2.75, 3.05) is 7.05 Å². The third-order valence-electron chi connectivity index (χ3n) is 1.51. The second kappa shape index (κ2) is 2.67. The Morgan fingerprint density at radius 3 is 2.89 bits per heavy atom. The van der Waals surface area contributed by atoms with Crippen molar-refractivity contribution in [3.8, 4) is 0 Å². The molecule has 2 heteroatoms. The van der Waals surface area contributed by atoms with Crippen molar-refractivity contribution in [3.63, 3.8) is 0 Å². The van der Waals surface area contributed by atoms with Gasteiger partial charge in [0.05, 0.1) is 0 Å². The largest absolute Gasteiger partial charge is 0.373 e. The first-order valence-electron chi connectivity index (χ1n) is 3.24. The lowest BCUT2D eigenvalue weighted by molar-refractivity contribution is 0.861. The van der Waals surface area contributed by atoms with E-state index in [1.54, 1.807) is 0 Å². The van der Waals surface area contributed by atoms with Crippen molar-refractivity contribution >= 4 is 6.21 Å². The zero-order valence-electron chi connectivity index (χ0n) is 5.94. The van der Waals surface area contributed by atoms with Crippen LogP contribution in [-0.2, 0) is 0 Å². The summed E-state index contributed by atoms with van der Waals surface area (Å²) in [5.74, 6) is 1.04. The van der Waals surface area contributed by atoms with Crippen molar-refractivity contribution in [1.29, 1.82) is 0 Å².